The zero-order chi connectivity index (χ0) is 9.90. The minimum absolute atomic E-state index is 0.120. The molecule has 1 rings (SSSR count). The van der Waals surface area contributed by atoms with Crippen molar-refractivity contribution in [1.29, 1.82) is 0 Å². The summed E-state index contributed by atoms with van der Waals surface area (Å²) in [5.41, 5.74) is -0.174. The number of hydrogen-bond donors (Lipinski definition) is 2. The first-order valence-electron chi connectivity index (χ1n) is 3.88. The third-order valence-electron chi connectivity index (χ3n) is 1.61. The van der Waals surface area contributed by atoms with Gasteiger partial charge in [0.1, 0.15) is 0 Å². The van der Waals surface area contributed by atoms with Crippen molar-refractivity contribution in [3.63, 3.8) is 0 Å². The number of nitrogens with one attached hydrogen (secondary N) is 1. The van der Waals surface area contributed by atoms with Crippen LogP contribution in [0.15, 0.2) is 0 Å². The van der Waals surface area contributed by atoms with Crippen molar-refractivity contribution in [1.82, 2.24) is 8.75 Å². The standard InChI is InChI=1S/C7H12ClN3OS/c1-7(2,4-12)3-9-6-5(8)10-13-11-6/h12H,3-4H2,1-2H3,(H,9,11). The lowest BCUT2D eigenvalue weighted by Crippen LogP contribution is -2.26. The van der Waals surface area contributed by atoms with Gasteiger partial charge in [0.25, 0.3) is 0 Å². The maximum Gasteiger partial charge on any atom is 0.186 e. The second-order valence-electron chi connectivity index (χ2n) is 3.58. The monoisotopic (exact) mass is 221 g/mol. The molecule has 0 aliphatic heterocycles. The maximum absolute atomic E-state index is 8.99. The second-order valence-corrected chi connectivity index (χ2v) is 4.47. The number of aliphatic hydroxyl groups excluding tert-OH is 1. The molecule has 0 saturated heterocycles. The molecule has 1 heterocycles. The molecule has 0 aliphatic rings. The first-order valence-corrected chi connectivity index (χ1v) is 4.99. The maximum atomic E-state index is 8.99. The Kier molecular flexibility index (Phi) is 3.47. The summed E-state index contributed by atoms with van der Waals surface area (Å²) in [6, 6.07) is 0. The first-order chi connectivity index (χ1) is 6.05. The van der Waals surface area contributed by atoms with E-state index < -0.39 is 0 Å². The number of aliphatic hydroxyl groups is 1. The Hall–Kier alpha value is -0.390. The fourth-order valence-corrected chi connectivity index (χ4v) is 1.35. The van der Waals surface area contributed by atoms with Crippen LogP contribution in [0.5, 0.6) is 0 Å². The molecule has 4 nitrogen and oxygen atoms in total. The Labute approximate surface area is 86.3 Å². The van der Waals surface area contributed by atoms with E-state index in [1.54, 1.807) is 0 Å². The van der Waals surface area contributed by atoms with Gasteiger partial charge in [-0.05, 0) is 0 Å². The van der Waals surface area contributed by atoms with Gasteiger partial charge in [-0.1, -0.05) is 25.4 Å². The topological polar surface area (TPSA) is 58.0 Å². The number of rotatable bonds is 4. The fourth-order valence-electron chi connectivity index (χ4n) is 0.662. The lowest BCUT2D eigenvalue weighted by Gasteiger charge is -2.21. The Morgan fingerprint density at radius 3 is 2.69 bits per heavy atom. The van der Waals surface area contributed by atoms with Gasteiger partial charge in [0.15, 0.2) is 11.0 Å². The Morgan fingerprint density at radius 1 is 1.54 bits per heavy atom. The molecule has 0 atom stereocenters. The van der Waals surface area contributed by atoms with Gasteiger partial charge in [-0.2, -0.15) is 8.75 Å². The molecular formula is C7H12ClN3OS. The van der Waals surface area contributed by atoms with Gasteiger partial charge >= 0.3 is 0 Å². The highest BCUT2D eigenvalue weighted by Gasteiger charge is 2.17. The molecule has 1 aromatic rings. The summed E-state index contributed by atoms with van der Waals surface area (Å²) in [4.78, 5) is 0. The minimum atomic E-state index is -0.174. The van der Waals surface area contributed by atoms with Crippen molar-refractivity contribution in [2.45, 2.75) is 13.8 Å². The van der Waals surface area contributed by atoms with E-state index in [0.717, 1.165) is 11.7 Å². The highest BCUT2D eigenvalue weighted by atomic mass is 35.5. The van der Waals surface area contributed by atoms with Gasteiger partial charge in [-0.25, -0.2) is 0 Å². The van der Waals surface area contributed by atoms with Crippen LogP contribution in [0.3, 0.4) is 0 Å². The summed E-state index contributed by atoms with van der Waals surface area (Å²) < 4.78 is 7.77. The Morgan fingerprint density at radius 2 is 2.23 bits per heavy atom. The second kappa shape index (κ2) is 4.21. The molecule has 0 aromatic carbocycles. The summed E-state index contributed by atoms with van der Waals surface area (Å²) in [6.45, 7) is 4.64. The van der Waals surface area contributed by atoms with Gasteiger partial charge in [-0.15, -0.1) is 0 Å². The number of hydrogen-bond acceptors (Lipinski definition) is 5. The van der Waals surface area contributed by atoms with Crippen molar-refractivity contribution in [3.8, 4) is 0 Å². The van der Waals surface area contributed by atoms with Crippen LogP contribution in [0.25, 0.3) is 0 Å². The van der Waals surface area contributed by atoms with E-state index in [1.807, 2.05) is 13.8 Å². The molecule has 0 bridgehead atoms. The van der Waals surface area contributed by atoms with Crippen molar-refractivity contribution in [3.05, 3.63) is 5.15 Å². The van der Waals surface area contributed by atoms with Crippen LogP contribution in [-0.4, -0.2) is 27.0 Å². The third kappa shape index (κ3) is 3.10. The summed E-state index contributed by atoms with van der Waals surface area (Å²) in [5, 5.41) is 12.4. The third-order valence-corrected chi connectivity index (χ3v) is 2.50. The molecule has 13 heavy (non-hydrogen) atoms. The van der Waals surface area contributed by atoms with Gasteiger partial charge in [0.2, 0.25) is 0 Å². The molecule has 0 amide bonds. The van der Waals surface area contributed by atoms with Crippen molar-refractivity contribution in [2.75, 3.05) is 18.5 Å². The molecule has 1 aromatic heterocycles. The first kappa shape index (κ1) is 10.7. The summed E-state index contributed by atoms with van der Waals surface area (Å²) in [6.07, 6.45) is 0. The molecule has 74 valence electrons. The predicted octanol–water partition coefficient (Wildman–Crippen LogP) is 1.62. The van der Waals surface area contributed by atoms with E-state index in [4.69, 9.17) is 16.7 Å². The quantitative estimate of drug-likeness (QED) is 0.812. The van der Waals surface area contributed by atoms with E-state index in [1.165, 1.54) is 0 Å². The van der Waals surface area contributed by atoms with Crippen LogP contribution >= 0.6 is 23.3 Å². The van der Waals surface area contributed by atoms with Crippen molar-refractivity contribution in [2.24, 2.45) is 5.41 Å². The number of anilines is 1. The average molecular weight is 222 g/mol. The van der Waals surface area contributed by atoms with Gasteiger partial charge in [0.05, 0.1) is 11.7 Å². The summed E-state index contributed by atoms with van der Waals surface area (Å²) in [5.74, 6) is 0.591. The van der Waals surface area contributed by atoms with Gasteiger partial charge < -0.3 is 10.4 Å². The molecular weight excluding hydrogens is 210 g/mol. The van der Waals surface area contributed by atoms with Crippen LogP contribution < -0.4 is 5.32 Å². The van der Waals surface area contributed by atoms with E-state index >= 15 is 0 Å². The molecule has 2 N–H and O–H groups in total. The lowest BCUT2D eigenvalue weighted by molar-refractivity contribution is 0.171. The van der Waals surface area contributed by atoms with Crippen molar-refractivity contribution >= 4 is 29.1 Å². The fraction of sp³-hybridized carbons (Fsp3) is 0.714. The lowest BCUT2D eigenvalue weighted by atomic mass is 9.95. The van der Waals surface area contributed by atoms with Crippen LogP contribution in [-0.2, 0) is 0 Å². The highest BCUT2D eigenvalue weighted by Crippen LogP contribution is 2.20. The van der Waals surface area contributed by atoms with Crippen LogP contribution in [0.2, 0.25) is 5.15 Å². The van der Waals surface area contributed by atoms with E-state index in [9.17, 15) is 0 Å². The number of halogens is 1. The number of nitrogens with zero attached hydrogens (tertiary/aromatic N) is 2. The van der Waals surface area contributed by atoms with Crippen LogP contribution in [0, 0.1) is 5.41 Å². The molecule has 0 spiro atoms. The average Bonchev–Trinajstić information content (AvgIpc) is 2.48. The molecule has 0 radical (unpaired) electrons. The largest absolute Gasteiger partial charge is 0.396 e. The normalized spacial score (nSPS) is 11.7. The molecule has 6 heteroatoms. The van der Waals surface area contributed by atoms with Crippen LogP contribution in [0.1, 0.15) is 13.8 Å². The molecule has 0 saturated carbocycles. The SMILES string of the molecule is CC(C)(CO)CNc1nsnc1Cl. The van der Waals surface area contributed by atoms with Gasteiger partial charge in [-0.3, -0.25) is 0 Å². The summed E-state index contributed by atoms with van der Waals surface area (Å²) in [7, 11) is 0. The van der Waals surface area contributed by atoms with Gasteiger partial charge in [0, 0.05) is 18.6 Å². The molecule has 0 unspecified atom stereocenters. The van der Waals surface area contributed by atoms with Crippen molar-refractivity contribution < 1.29 is 5.11 Å². The van der Waals surface area contributed by atoms with E-state index in [-0.39, 0.29) is 12.0 Å². The zero-order valence-corrected chi connectivity index (χ0v) is 9.11. The zero-order valence-electron chi connectivity index (χ0n) is 7.54. The van der Waals surface area contributed by atoms with Crippen LogP contribution in [0.4, 0.5) is 5.82 Å². The molecule has 0 fully saturated rings. The highest BCUT2D eigenvalue weighted by molar-refractivity contribution is 6.99. The van der Waals surface area contributed by atoms with E-state index in [2.05, 4.69) is 14.1 Å². The minimum Gasteiger partial charge on any atom is -0.396 e. The summed E-state index contributed by atoms with van der Waals surface area (Å²) >= 11 is 6.79. The van der Waals surface area contributed by atoms with E-state index in [0.29, 0.717) is 17.5 Å². The smallest absolute Gasteiger partial charge is 0.186 e. The Bertz CT molecular complexity index is 276. The Balaban J connectivity index is 2.48. The number of aromatic nitrogens is 2. The molecule has 0 aliphatic carbocycles. The predicted molar refractivity (Wildman–Crippen MR) is 54.3 cm³/mol.